The Morgan fingerprint density at radius 2 is 1.00 bits per heavy atom. The van der Waals surface area contributed by atoms with Crippen LogP contribution in [0.2, 0.25) is 0 Å². The molecule has 0 aliphatic carbocycles. The van der Waals surface area contributed by atoms with E-state index in [-0.39, 0.29) is 0 Å². The van der Waals surface area contributed by atoms with Crippen molar-refractivity contribution in [2.24, 2.45) is 5.10 Å². The van der Waals surface area contributed by atoms with Crippen LogP contribution in [-0.2, 0) is 19.6 Å². The molecule has 0 radical (unpaired) electrons. The Labute approximate surface area is 226 Å². The molecular weight excluding hydrogens is 462 g/mol. The van der Waals surface area contributed by atoms with Crippen LogP contribution in [0.3, 0.4) is 0 Å². The molecule has 0 bridgehead atoms. The molecular formula is C35H33N3. The van der Waals surface area contributed by atoms with Crippen LogP contribution >= 0.6 is 0 Å². The number of hydrogen-bond donors (Lipinski definition) is 0. The summed E-state index contributed by atoms with van der Waals surface area (Å²) in [5.41, 5.74) is 8.40. The molecule has 0 aliphatic heterocycles. The quantitative estimate of drug-likeness (QED) is 0.143. The van der Waals surface area contributed by atoms with Gasteiger partial charge in [-0.1, -0.05) is 115 Å². The molecule has 38 heavy (non-hydrogen) atoms. The molecule has 0 fully saturated rings. The summed E-state index contributed by atoms with van der Waals surface area (Å²) in [6.45, 7) is 4.57. The van der Waals surface area contributed by atoms with Gasteiger partial charge < -0.3 is 4.90 Å². The molecule has 5 aromatic rings. The second-order valence-electron chi connectivity index (χ2n) is 9.49. The van der Waals surface area contributed by atoms with Crippen molar-refractivity contribution in [3.63, 3.8) is 0 Å². The van der Waals surface area contributed by atoms with E-state index >= 15 is 0 Å². The van der Waals surface area contributed by atoms with Crippen LogP contribution in [-0.4, -0.2) is 6.21 Å². The maximum Gasteiger partial charge on any atom is 0.0666 e. The minimum atomic E-state index is 0.709. The summed E-state index contributed by atoms with van der Waals surface area (Å²) in [5, 5.41) is 6.98. The number of hydrazone groups is 1. The maximum absolute atomic E-state index is 4.93. The average Bonchev–Trinajstić information content (AvgIpc) is 2.97. The fourth-order valence-corrected chi connectivity index (χ4v) is 4.53. The minimum absolute atomic E-state index is 0.709. The molecule has 5 rings (SSSR count). The van der Waals surface area contributed by atoms with Crippen molar-refractivity contribution in [1.29, 1.82) is 0 Å². The highest BCUT2D eigenvalue weighted by atomic mass is 15.4. The van der Waals surface area contributed by atoms with E-state index in [1.807, 2.05) is 18.3 Å². The van der Waals surface area contributed by atoms with Crippen molar-refractivity contribution in [2.75, 3.05) is 9.91 Å². The highest BCUT2D eigenvalue weighted by Crippen LogP contribution is 2.24. The SMILES string of the molecule is Cc1cc(N(Cc2ccccc2)Cc2ccccc2)ccc1C=NN(Cc1ccccc1)c1ccccc1. The molecule has 0 unspecified atom stereocenters. The van der Waals surface area contributed by atoms with Crippen molar-refractivity contribution < 1.29 is 0 Å². The van der Waals surface area contributed by atoms with Gasteiger partial charge in [-0.05, 0) is 59.0 Å². The van der Waals surface area contributed by atoms with Crippen LogP contribution in [0.4, 0.5) is 11.4 Å². The van der Waals surface area contributed by atoms with Gasteiger partial charge in [0.05, 0.1) is 18.4 Å². The molecule has 188 valence electrons. The zero-order valence-corrected chi connectivity index (χ0v) is 21.8. The van der Waals surface area contributed by atoms with E-state index in [2.05, 4.69) is 144 Å². The predicted octanol–water partition coefficient (Wildman–Crippen LogP) is 8.24. The Hall–Kier alpha value is -4.63. The summed E-state index contributed by atoms with van der Waals surface area (Å²) in [6, 6.07) is 48.8. The van der Waals surface area contributed by atoms with E-state index in [1.165, 1.54) is 27.9 Å². The summed E-state index contributed by atoms with van der Waals surface area (Å²) in [4.78, 5) is 2.43. The van der Waals surface area contributed by atoms with Crippen LogP contribution in [0, 0.1) is 6.92 Å². The highest BCUT2D eigenvalue weighted by molar-refractivity contribution is 5.83. The third kappa shape index (κ3) is 6.77. The zero-order chi connectivity index (χ0) is 26.0. The van der Waals surface area contributed by atoms with E-state index < -0.39 is 0 Å². The number of nitrogens with zero attached hydrogens (tertiary/aromatic N) is 3. The zero-order valence-electron chi connectivity index (χ0n) is 21.8. The van der Waals surface area contributed by atoms with Gasteiger partial charge in [0.2, 0.25) is 0 Å². The predicted molar refractivity (Wildman–Crippen MR) is 161 cm³/mol. The van der Waals surface area contributed by atoms with Crippen molar-refractivity contribution in [3.05, 3.63) is 167 Å². The lowest BCUT2D eigenvalue weighted by Gasteiger charge is -2.26. The second-order valence-corrected chi connectivity index (χ2v) is 9.49. The van der Waals surface area contributed by atoms with Gasteiger partial charge in [-0.15, -0.1) is 0 Å². The Morgan fingerprint density at radius 1 is 0.526 bits per heavy atom. The van der Waals surface area contributed by atoms with E-state index in [0.29, 0.717) is 6.54 Å². The van der Waals surface area contributed by atoms with Gasteiger partial charge in [-0.2, -0.15) is 5.10 Å². The lowest BCUT2D eigenvalue weighted by atomic mass is 10.1. The lowest BCUT2D eigenvalue weighted by Crippen LogP contribution is -2.22. The molecule has 3 nitrogen and oxygen atoms in total. The first-order valence-corrected chi connectivity index (χ1v) is 13.1. The van der Waals surface area contributed by atoms with Crippen molar-refractivity contribution in [2.45, 2.75) is 26.6 Å². The molecule has 0 saturated carbocycles. The second kappa shape index (κ2) is 12.6. The molecule has 0 atom stereocenters. The van der Waals surface area contributed by atoms with Crippen molar-refractivity contribution in [1.82, 2.24) is 0 Å². The Morgan fingerprint density at radius 3 is 1.50 bits per heavy atom. The number of rotatable bonds is 10. The molecule has 0 N–H and O–H groups in total. The minimum Gasteiger partial charge on any atom is -0.363 e. The fourth-order valence-electron chi connectivity index (χ4n) is 4.53. The highest BCUT2D eigenvalue weighted by Gasteiger charge is 2.11. The first-order chi connectivity index (χ1) is 18.7. The molecule has 3 heteroatoms. The van der Waals surface area contributed by atoms with Crippen LogP contribution in [0.1, 0.15) is 27.8 Å². The van der Waals surface area contributed by atoms with Gasteiger partial charge in [0.25, 0.3) is 0 Å². The number of para-hydroxylation sites is 1. The summed E-state index contributed by atoms with van der Waals surface area (Å²) in [7, 11) is 0. The smallest absolute Gasteiger partial charge is 0.0666 e. The van der Waals surface area contributed by atoms with Crippen LogP contribution in [0.5, 0.6) is 0 Å². The van der Waals surface area contributed by atoms with Crippen LogP contribution in [0.15, 0.2) is 145 Å². The lowest BCUT2D eigenvalue weighted by molar-refractivity contribution is 0.799. The van der Waals surface area contributed by atoms with Gasteiger partial charge in [0.1, 0.15) is 0 Å². The van der Waals surface area contributed by atoms with Gasteiger partial charge in [-0.3, -0.25) is 5.01 Å². The normalized spacial score (nSPS) is 11.0. The Balaban J connectivity index is 1.39. The summed E-state index contributed by atoms with van der Waals surface area (Å²) in [5.74, 6) is 0. The molecule has 0 aromatic heterocycles. The topological polar surface area (TPSA) is 18.8 Å². The third-order valence-corrected chi connectivity index (χ3v) is 6.62. The molecule has 0 aliphatic rings. The maximum atomic E-state index is 4.93. The van der Waals surface area contributed by atoms with Gasteiger partial charge in [0.15, 0.2) is 0 Å². The van der Waals surface area contributed by atoms with E-state index in [9.17, 15) is 0 Å². The Bertz CT molecular complexity index is 1390. The first-order valence-electron chi connectivity index (χ1n) is 13.1. The summed E-state index contributed by atoms with van der Waals surface area (Å²) < 4.78 is 0. The number of aryl methyl sites for hydroxylation is 1. The van der Waals surface area contributed by atoms with Crippen LogP contribution in [0.25, 0.3) is 0 Å². The standard InChI is InChI=1S/C35H33N3/c1-29-24-35(37(26-30-14-6-2-7-15-30)27-31-16-8-3-9-17-31)23-22-33(29)25-36-38(34-20-12-5-13-21-34)28-32-18-10-4-11-19-32/h2-25H,26-28H2,1H3. The van der Waals surface area contributed by atoms with Gasteiger partial charge in [-0.25, -0.2) is 0 Å². The third-order valence-electron chi connectivity index (χ3n) is 6.62. The molecule has 0 heterocycles. The Kier molecular flexibility index (Phi) is 8.27. The summed E-state index contributed by atoms with van der Waals surface area (Å²) in [6.07, 6.45) is 1.98. The van der Waals surface area contributed by atoms with E-state index in [1.54, 1.807) is 0 Å². The largest absolute Gasteiger partial charge is 0.363 e. The number of benzene rings is 5. The number of anilines is 2. The average molecular weight is 496 g/mol. The van der Waals surface area contributed by atoms with Crippen LogP contribution < -0.4 is 9.91 Å². The van der Waals surface area contributed by atoms with Gasteiger partial charge in [0, 0.05) is 18.8 Å². The van der Waals surface area contributed by atoms with Crippen molar-refractivity contribution >= 4 is 17.6 Å². The number of hydrogen-bond acceptors (Lipinski definition) is 3. The van der Waals surface area contributed by atoms with Crippen molar-refractivity contribution in [3.8, 4) is 0 Å². The summed E-state index contributed by atoms with van der Waals surface area (Å²) >= 11 is 0. The first kappa shape index (κ1) is 25.0. The molecule has 0 amide bonds. The van der Waals surface area contributed by atoms with E-state index in [0.717, 1.165) is 24.3 Å². The monoisotopic (exact) mass is 495 g/mol. The van der Waals surface area contributed by atoms with E-state index in [4.69, 9.17) is 5.10 Å². The fraction of sp³-hybridized carbons (Fsp3) is 0.114. The molecule has 0 spiro atoms. The van der Waals surface area contributed by atoms with Gasteiger partial charge >= 0.3 is 0 Å². The molecule has 0 saturated heterocycles. The molecule has 5 aromatic carbocycles.